The van der Waals surface area contributed by atoms with Crippen molar-refractivity contribution in [2.45, 2.75) is 53.4 Å². The molecular formula is C25H38N4O3. The normalized spacial score (nSPS) is 18.3. The third-order valence-electron chi connectivity index (χ3n) is 6.94. The summed E-state index contributed by atoms with van der Waals surface area (Å²) >= 11 is 0. The fraction of sp³-hybridized carbons (Fsp3) is 0.680. The molecule has 0 saturated carbocycles. The van der Waals surface area contributed by atoms with Crippen LogP contribution in [0.25, 0.3) is 5.69 Å². The number of likely N-dealkylation sites (tertiary alicyclic amines) is 1. The molecule has 2 aromatic heterocycles. The minimum Gasteiger partial charge on any atom is -0.481 e. The lowest BCUT2D eigenvalue weighted by molar-refractivity contribution is 0.1000. The lowest BCUT2D eigenvalue weighted by Crippen LogP contribution is -2.39. The first-order valence-electron chi connectivity index (χ1n) is 11.9. The maximum atomic E-state index is 6.26. The van der Waals surface area contributed by atoms with Gasteiger partial charge in [-0.1, -0.05) is 20.8 Å². The molecule has 32 heavy (non-hydrogen) atoms. The maximum absolute atomic E-state index is 6.26. The summed E-state index contributed by atoms with van der Waals surface area (Å²) in [5.74, 6) is 2.19. The molecule has 1 saturated heterocycles. The summed E-state index contributed by atoms with van der Waals surface area (Å²) in [5.41, 5.74) is 4.65. The molecular weight excluding hydrogens is 404 g/mol. The van der Waals surface area contributed by atoms with Crippen molar-refractivity contribution in [3.05, 3.63) is 29.1 Å². The number of aryl methyl sites for hydroxylation is 1. The smallest absolute Gasteiger partial charge is 0.236 e. The first-order chi connectivity index (χ1) is 15.4. The first-order valence-corrected chi connectivity index (χ1v) is 11.9. The number of hydrogen-bond donors (Lipinski definition) is 0. The van der Waals surface area contributed by atoms with Crippen LogP contribution < -0.4 is 9.47 Å². The molecule has 0 atom stereocenters. The Morgan fingerprint density at radius 1 is 1.12 bits per heavy atom. The van der Waals surface area contributed by atoms with E-state index in [0.717, 1.165) is 61.2 Å². The topological polar surface area (TPSA) is 61.6 Å². The molecule has 1 fully saturated rings. The minimum absolute atomic E-state index is 0.406. The molecule has 0 amide bonds. The molecule has 176 valence electrons. The van der Waals surface area contributed by atoms with Gasteiger partial charge in [-0.25, -0.2) is 9.67 Å². The molecule has 2 aliphatic heterocycles. The summed E-state index contributed by atoms with van der Waals surface area (Å²) < 4.78 is 19.3. The predicted molar refractivity (Wildman–Crippen MR) is 125 cm³/mol. The zero-order chi connectivity index (χ0) is 22.7. The number of piperidine rings is 1. The van der Waals surface area contributed by atoms with Crippen LogP contribution in [0.5, 0.6) is 11.8 Å². The molecule has 7 heteroatoms. The van der Waals surface area contributed by atoms with Gasteiger partial charge in [-0.2, -0.15) is 0 Å². The third kappa shape index (κ3) is 5.09. The second kappa shape index (κ2) is 9.79. The first kappa shape index (κ1) is 23.1. The van der Waals surface area contributed by atoms with Crippen LogP contribution in [0.2, 0.25) is 0 Å². The van der Waals surface area contributed by atoms with E-state index in [0.29, 0.717) is 31.1 Å². The molecule has 7 nitrogen and oxygen atoms in total. The van der Waals surface area contributed by atoms with Crippen LogP contribution in [-0.4, -0.2) is 66.2 Å². The number of methoxy groups -OCH3 is 1. The number of fused-ring (bicyclic) bond motifs is 1. The SMILES string of the molecule is COc1ncc(-n2nc(OCCN3CCC(C(C)(C)C)CC3)c3c2CCOCC3)cc1C. The van der Waals surface area contributed by atoms with Gasteiger partial charge in [0.25, 0.3) is 0 Å². The molecule has 0 aromatic carbocycles. The van der Waals surface area contributed by atoms with Gasteiger partial charge in [0.2, 0.25) is 11.8 Å². The van der Waals surface area contributed by atoms with Crippen molar-refractivity contribution in [3.63, 3.8) is 0 Å². The number of rotatable bonds is 6. The summed E-state index contributed by atoms with van der Waals surface area (Å²) in [6.07, 6.45) is 6.00. The quantitative estimate of drug-likeness (QED) is 0.678. The molecule has 0 radical (unpaired) electrons. The molecule has 0 unspecified atom stereocenters. The highest BCUT2D eigenvalue weighted by Gasteiger charge is 2.29. The van der Waals surface area contributed by atoms with Gasteiger partial charge in [-0.3, -0.25) is 4.90 Å². The van der Waals surface area contributed by atoms with E-state index in [1.54, 1.807) is 7.11 Å². The van der Waals surface area contributed by atoms with E-state index in [9.17, 15) is 0 Å². The lowest BCUT2D eigenvalue weighted by Gasteiger charge is -2.38. The summed E-state index contributed by atoms with van der Waals surface area (Å²) in [7, 11) is 1.64. The Bertz CT molecular complexity index is 911. The van der Waals surface area contributed by atoms with Gasteiger partial charge < -0.3 is 14.2 Å². The van der Waals surface area contributed by atoms with Crippen LogP contribution in [0, 0.1) is 18.3 Å². The van der Waals surface area contributed by atoms with E-state index in [1.165, 1.54) is 18.4 Å². The summed E-state index contributed by atoms with van der Waals surface area (Å²) in [5, 5.41) is 4.87. The van der Waals surface area contributed by atoms with E-state index in [2.05, 4.69) is 36.7 Å². The predicted octanol–water partition coefficient (Wildman–Crippen LogP) is 3.84. The number of pyridine rings is 1. The fourth-order valence-corrected chi connectivity index (χ4v) is 4.92. The Balaban J connectivity index is 1.45. The van der Waals surface area contributed by atoms with Crippen LogP contribution in [0.3, 0.4) is 0 Å². The van der Waals surface area contributed by atoms with Crippen molar-refractivity contribution < 1.29 is 14.2 Å². The van der Waals surface area contributed by atoms with Gasteiger partial charge in [-0.05, 0) is 50.3 Å². The van der Waals surface area contributed by atoms with Crippen LogP contribution >= 0.6 is 0 Å². The Morgan fingerprint density at radius 2 is 1.88 bits per heavy atom. The monoisotopic (exact) mass is 442 g/mol. The number of ether oxygens (including phenoxy) is 3. The van der Waals surface area contributed by atoms with Crippen molar-refractivity contribution in [1.82, 2.24) is 19.7 Å². The average Bonchev–Trinajstić information content (AvgIpc) is 2.93. The largest absolute Gasteiger partial charge is 0.481 e. The van der Waals surface area contributed by atoms with Crippen molar-refractivity contribution >= 4 is 0 Å². The molecule has 0 spiro atoms. The summed E-state index contributed by atoms with van der Waals surface area (Å²) in [6, 6.07) is 2.06. The van der Waals surface area contributed by atoms with Crippen LogP contribution in [0.4, 0.5) is 0 Å². The minimum atomic E-state index is 0.406. The number of nitrogens with zero attached hydrogens (tertiary/aromatic N) is 4. The molecule has 4 heterocycles. The highest BCUT2D eigenvalue weighted by molar-refractivity contribution is 5.43. The summed E-state index contributed by atoms with van der Waals surface area (Å²) in [6.45, 7) is 14.4. The maximum Gasteiger partial charge on any atom is 0.236 e. The zero-order valence-corrected chi connectivity index (χ0v) is 20.3. The third-order valence-corrected chi connectivity index (χ3v) is 6.94. The number of hydrogen-bond acceptors (Lipinski definition) is 6. The van der Waals surface area contributed by atoms with Crippen molar-refractivity contribution in [2.75, 3.05) is 46.6 Å². The van der Waals surface area contributed by atoms with Gasteiger partial charge in [0.15, 0.2) is 0 Å². The number of aromatic nitrogens is 3. The van der Waals surface area contributed by atoms with E-state index in [4.69, 9.17) is 19.3 Å². The van der Waals surface area contributed by atoms with Gasteiger partial charge in [0.1, 0.15) is 6.61 Å². The Morgan fingerprint density at radius 3 is 2.56 bits per heavy atom. The molecule has 0 aliphatic carbocycles. The Labute approximate surface area is 192 Å². The highest BCUT2D eigenvalue weighted by Crippen LogP contribution is 2.34. The van der Waals surface area contributed by atoms with E-state index in [-0.39, 0.29) is 0 Å². The molecule has 4 rings (SSSR count). The average molecular weight is 443 g/mol. The van der Waals surface area contributed by atoms with Crippen molar-refractivity contribution in [3.8, 4) is 17.4 Å². The lowest BCUT2D eigenvalue weighted by atomic mass is 9.75. The molecule has 0 N–H and O–H groups in total. The molecule has 2 aliphatic rings. The summed E-state index contributed by atoms with van der Waals surface area (Å²) in [4.78, 5) is 6.97. The second-order valence-electron chi connectivity index (χ2n) is 10.1. The van der Waals surface area contributed by atoms with Gasteiger partial charge in [0, 0.05) is 30.5 Å². The van der Waals surface area contributed by atoms with Gasteiger partial charge in [0.05, 0.1) is 37.9 Å². The van der Waals surface area contributed by atoms with Gasteiger partial charge >= 0.3 is 0 Å². The van der Waals surface area contributed by atoms with Crippen molar-refractivity contribution in [2.24, 2.45) is 11.3 Å². The van der Waals surface area contributed by atoms with Gasteiger partial charge in [-0.15, -0.1) is 5.10 Å². The highest BCUT2D eigenvalue weighted by atomic mass is 16.5. The van der Waals surface area contributed by atoms with Crippen LogP contribution in [0.15, 0.2) is 12.3 Å². The fourth-order valence-electron chi connectivity index (χ4n) is 4.92. The van der Waals surface area contributed by atoms with Crippen LogP contribution in [-0.2, 0) is 17.6 Å². The van der Waals surface area contributed by atoms with Crippen LogP contribution in [0.1, 0.15) is 50.4 Å². The van der Waals surface area contributed by atoms with Crippen molar-refractivity contribution in [1.29, 1.82) is 0 Å². The van der Waals surface area contributed by atoms with E-state index in [1.807, 2.05) is 17.8 Å². The Hall–Kier alpha value is -2.12. The molecule has 2 aromatic rings. The zero-order valence-electron chi connectivity index (χ0n) is 20.3. The Kier molecular flexibility index (Phi) is 7.05. The molecule has 0 bridgehead atoms. The second-order valence-corrected chi connectivity index (χ2v) is 10.1. The van der Waals surface area contributed by atoms with E-state index >= 15 is 0 Å². The standard InChI is InChI=1S/C25H38N4O3/c1-18-16-20(17-26-23(18)30-5)29-22-9-14-31-13-8-21(22)24(27-29)32-15-12-28-10-6-19(7-11-28)25(2,3)4/h16-17,19H,6-15H2,1-5H3. The van der Waals surface area contributed by atoms with E-state index < -0.39 is 0 Å².